The first-order valence-electron chi connectivity index (χ1n) is 7.21. The predicted molar refractivity (Wildman–Crippen MR) is 82.0 cm³/mol. The Kier molecular flexibility index (Phi) is 5.36. The molecule has 0 saturated heterocycles. The maximum atomic E-state index is 12.2. The van der Waals surface area contributed by atoms with E-state index in [2.05, 4.69) is 19.1 Å². The van der Waals surface area contributed by atoms with Crippen LogP contribution in [0.15, 0.2) is 36.4 Å². The summed E-state index contributed by atoms with van der Waals surface area (Å²) in [6, 6.07) is 12.4. The molecular formula is C17H22FNO. The Morgan fingerprint density at radius 1 is 1.20 bits per heavy atom. The molecular weight excluding hydrogens is 253 g/mol. The molecule has 2 rings (SSSR count). The summed E-state index contributed by atoms with van der Waals surface area (Å²) in [5, 5.41) is 2.36. The molecule has 0 saturated carbocycles. The minimum atomic E-state index is -0.350. The van der Waals surface area contributed by atoms with Crippen molar-refractivity contribution >= 4 is 10.8 Å². The first-order valence-corrected chi connectivity index (χ1v) is 7.21. The van der Waals surface area contributed by atoms with Gasteiger partial charge in [0.05, 0.1) is 13.3 Å². The average molecular weight is 275 g/mol. The molecule has 108 valence electrons. The van der Waals surface area contributed by atoms with Crippen LogP contribution in [0, 0.1) is 0 Å². The first kappa shape index (κ1) is 14.8. The predicted octanol–water partition coefficient (Wildman–Crippen LogP) is 3.86. The zero-order valence-electron chi connectivity index (χ0n) is 11.9. The highest BCUT2D eigenvalue weighted by Crippen LogP contribution is 2.29. The van der Waals surface area contributed by atoms with Crippen molar-refractivity contribution in [1.29, 1.82) is 0 Å². The highest BCUT2D eigenvalue weighted by atomic mass is 19.1. The van der Waals surface area contributed by atoms with Crippen LogP contribution in [0.25, 0.3) is 10.8 Å². The van der Waals surface area contributed by atoms with Crippen LogP contribution in [0.3, 0.4) is 0 Å². The van der Waals surface area contributed by atoms with E-state index in [-0.39, 0.29) is 12.7 Å². The van der Waals surface area contributed by atoms with Crippen molar-refractivity contribution in [1.82, 2.24) is 0 Å². The smallest absolute Gasteiger partial charge is 0.123 e. The number of fused-ring (bicyclic) bond motifs is 1. The Hall–Kier alpha value is -1.61. The molecule has 0 bridgehead atoms. The molecule has 20 heavy (non-hydrogen) atoms. The zero-order valence-corrected chi connectivity index (χ0v) is 11.9. The van der Waals surface area contributed by atoms with E-state index in [1.54, 1.807) is 0 Å². The second kappa shape index (κ2) is 7.25. The Labute approximate surface area is 119 Å². The summed E-state index contributed by atoms with van der Waals surface area (Å²) in [6.07, 6.45) is 2.13. The van der Waals surface area contributed by atoms with Crippen LogP contribution >= 0.6 is 0 Å². The van der Waals surface area contributed by atoms with E-state index in [0.29, 0.717) is 13.0 Å². The Balaban J connectivity index is 2.36. The molecule has 2 N–H and O–H groups in total. The number of halogens is 1. The van der Waals surface area contributed by atoms with Gasteiger partial charge >= 0.3 is 0 Å². The van der Waals surface area contributed by atoms with Gasteiger partial charge in [-0.2, -0.15) is 0 Å². The van der Waals surface area contributed by atoms with Gasteiger partial charge in [-0.15, -0.1) is 0 Å². The van der Waals surface area contributed by atoms with E-state index in [0.717, 1.165) is 24.2 Å². The largest absolute Gasteiger partial charge is 0.493 e. The van der Waals surface area contributed by atoms with Gasteiger partial charge in [0.1, 0.15) is 5.75 Å². The van der Waals surface area contributed by atoms with Gasteiger partial charge in [0.25, 0.3) is 0 Å². The third-order valence-electron chi connectivity index (χ3n) is 3.52. The molecule has 0 heterocycles. The molecule has 0 aliphatic carbocycles. The normalized spacial score (nSPS) is 12.6. The lowest BCUT2D eigenvalue weighted by atomic mass is 9.97. The van der Waals surface area contributed by atoms with Crippen LogP contribution in [0.4, 0.5) is 4.39 Å². The van der Waals surface area contributed by atoms with E-state index in [1.165, 1.54) is 10.8 Å². The summed E-state index contributed by atoms with van der Waals surface area (Å²) in [5.74, 6) is 0.834. The summed E-state index contributed by atoms with van der Waals surface area (Å²) in [7, 11) is 0. The van der Waals surface area contributed by atoms with Crippen molar-refractivity contribution in [3.63, 3.8) is 0 Å². The number of alkyl halides is 1. The maximum absolute atomic E-state index is 12.2. The molecule has 2 nitrogen and oxygen atoms in total. The van der Waals surface area contributed by atoms with Crippen molar-refractivity contribution in [3.8, 4) is 5.75 Å². The number of ether oxygens (including phenoxy) is 1. The lowest BCUT2D eigenvalue weighted by molar-refractivity contribution is 0.287. The first-order chi connectivity index (χ1) is 9.76. The number of rotatable bonds is 7. The lowest BCUT2D eigenvalue weighted by Gasteiger charge is -2.16. The van der Waals surface area contributed by atoms with E-state index in [1.807, 2.05) is 24.3 Å². The van der Waals surface area contributed by atoms with Gasteiger partial charge in [-0.25, -0.2) is 0 Å². The Morgan fingerprint density at radius 3 is 2.75 bits per heavy atom. The van der Waals surface area contributed by atoms with Crippen molar-refractivity contribution in [2.24, 2.45) is 5.73 Å². The van der Waals surface area contributed by atoms with Gasteiger partial charge in [0.15, 0.2) is 0 Å². The molecule has 0 radical (unpaired) electrons. The molecule has 0 spiro atoms. The third-order valence-corrected chi connectivity index (χ3v) is 3.52. The van der Waals surface area contributed by atoms with Gasteiger partial charge in [-0.05, 0) is 29.7 Å². The Bertz CT molecular complexity index is 556. The minimum Gasteiger partial charge on any atom is -0.493 e. The van der Waals surface area contributed by atoms with Crippen molar-refractivity contribution in [2.45, 2.75) is 32.2 Å². The van der Waals surface area contributed by atoms with E-state index in [4.69, 9.17) is 10.5 Å². The molecule has 2 aromatic carbocycles. The fourth-order valence-electron chi connectivity index (χ4n) is 2.30. The quantitative estimate of drug-likeness (QED) is 0.779. The number of hydrogen-bond acceptors (Lipinski definition) is 2. The van der Waals surface area contributed by atoms with Crippen molar-refractivity contribution < 1.29 is 9.13 Å². The highest BCUT2D eigenvalue weighted by Gasteiger charge is 2.12. The monoisotopic (exact) mass is 275 g/mol. The highest BCUT2D eigenvalue weighted by molar-refractivity contribution is 5.87. The van der Waals surface area contributed by atoms with E-state index < -0.39 is 0 Å². The van der Waals surface area contributed by atoms with Crippen LogP contribution < -0.4 is 10.5 Å². The second-order valence-corrected chi connectivity index (χ2v) is 5.03. The zero-order chi connectivity index (χ0) is 14.4. The van der Waals surface area contributed by atoms with Gasteiger partial charge < -0.3 is 10.5 Å². The average Bonchev–Trinajstić information content (AvgIpc) is 2.49. The van der Waals surface area contributed by atoms with Gasteiger partial charge in [-0.3, -0.25) is 4.39 Å². The molecule has 3 heteroatoms. The van der Waals surface area contributed by atoms with E-state index in [9.17, 15) is 4.39 Å². The molecule has 0 aliphatic heterocycles. The SMILES string of the molecule is CCC(N)Cc1c(OCCCF)ccc2ccccc12. The standard InChI is InChI=1S/C17H22FNO/c1-2-14(19)12-16-15-7-4-3-6-13(15)8-9-17(16)20-11-5-10-18/h3-4,6-9,14H,2,5,10-12,19H2,1H3. The van der Waals surface area contributed by atoms with Crippen LogP contribution in [-0.4, -0.2) is 19.3 Å². The number of nitrogens with two attached hydrogens (primary N) is 1. The van der Waals surface area contributed by atoms with Crippen LogP contribution in [-0.2, 0) is 6.42 Å². The fourth-order valence-corrected chi connectivity index (χ4v) is 2.30. The van der Waals surface area contributed by atoms with Crippen molar-refractivity contribution in [3.05, 3.63) is 42.0 Å². The summed E-state index contributed by atoms with van der Waals surface area (Å²) < 4.78 is 17.9. The summed E-state index contributed by atoms with van der Waals surface area (Å²) >= 11 is 0. The summed E-state index contributed by atoms with van der Waals surface area (Å²) in [6.45, 7) is 2.14. The maximum Gasteiger partial charge on any atom is 0.123 e. The molecule has 1 unspecified atom stereocenters. The molecule has 0 fully saturated rings. The molecule has 2 aromatic rings. The molecule has 0 aromatic heterocycles. The second-order valence-electron chi connectivity index (χ2n) is 5.03. The van der Waals surface area contributed by atoms with Crippen LogP contribution in [0.5, 0.6) is 5.75 Å². The Morgan fingerprint density at radius 2 is 2.00 bits per heavy atom. The third kappa shape index (κ3) is 3.48. The van der Waals surface area contributed by atoms with Crippen LogP contribution in [0.1, 0.15) is 25.3 Å². The van der Waals surface area contributed by atoms with Gasteiger partial charge in [0, 0.05) is 18.0 Å². The summed E-state index contributed by atoms with van der Waals surface area (Å²) in [5.41, 5.74) is 7.24. The molecule has 1 atom stereocenters. The molecule has 0 amide bonds. The number of hydrogen-bond donors (Lipinski definition) is 1. The topological polar surface area (TPSA) is 35.2 Å². The van der Waals surface area contributed by atoms with Gasteiger partial charge in [0.2, 0.25) is 0 Å². The fraction of sp³-hybridized carbons (Fsp3) is 0.412. The molecule has 0 aliphatic rings. The van der Waals surface area contributed by atoms with Crippen LogP contribution in [0.2, 0.25) is 0 Å². The lowest BCUT2D eigenvalue weighted by Crippen LogP contribution is -2.22. The van der Waals surface area contributed by atoms with Crippen molar-refractivity contribution in [2.75, 3.05) is 13.3 Å². The van der Waals surface area contributed by atoms with E-state index >= 15 is 0 Å². The minimum absolute atomic E-state index is 0.115. The van der Waals surface area contributed by atoms with Gasteiger partial charge in [-0.1, -0.05) is 37.3 Å². The number of benzene rings is 2. The summed E-state index contributed by atoms with van der Waals surface area (Å²) in [4.78, 5) is 0.